The summed E-state index contributed by atoms with van der Waals surface area (Å²) in [5.41, 5.74) is 0.971. The Kier molecular flexibility index (Phi) is 5.67. The second-order valence-electron chi connectivity index (χ2n) is 4.75. The highest BCUT2D eigenvalue weighted by molar-refractivity contribution is 7.86. The number of nitrogens with zero attached hydrogens (tertiary/aromatic N) is 2. The first-order valence-electron chi connectivity index (χ1n) is 6.23. The molecule has 0 aliphatic rings. The maximum atomic E-state index is 11.9. The molecular formula is C13H21N3O3S. The van der Waals surface area contributed by atoms with Gasteiger partial charge in [-0.3, -0.25) is 4.79 Å². The van der Waals surface area contributed by atoms with Gasteiger partial charge >= 0.3 is 0 Å². The van der Waals surface area contributed by atoms with Crippen LogP contribution in [-0.4, -0.2) is 50.6 Å². The summed E-state index contributed by atoms with van der Waals surface area (Å²) in [7, 11) is 0.664. The monoisotopic (exact) mass is 299 g/mol. The maximum absolute atomic E-state index is 11.9. The van der Waals surface area contributed by atoms with Gasteiger partial charge in [-0.2, -0.15) is 17.0 Å². The van der Waals surface area contributed by atoms with Crippen molar-refractivity contribution in [2.24, 2.45) is 0 Å². The molecule has 6 nitrogen and oxygen atoms in total. The van der Waals surface area contributed by atoms with Crippen LogP contribution in [0.3, 0.4) is 0 Å². The Hall–Kier alpha value is -1.44. The third kappa shape index (κ3) is 4.29. The summed E-state index contributed by atoms with van der Waals surface area (Å²) in [5, 5.41) is 2.77. The van der Waals surface area contributed by atoms with E-state index >= 15 is 0 Å². The summed E-state index contributed by atoms with van der Waals surface area (Å²) in [5.74, 6) is -0.339. The van der Waals surface area contributed by atoms with Crippen LogP contribution >= 0.6 is 0 Å². The molecule has 0 aliphatic heterocycles. The van der Waals surface area contributed by atoms with Crippen LogP contribution in [-0.2, 0) is 15.0 Å². The number of nitrogens with one attached hydrogen (secondary N) is 1. The molecule has 1 unspecified atom stereocenters. The van der Waals surface area contributed by atoms with Crippen LogP contribution in [0.5, 0.6) is 0 Å². The average molecular weight is 299 g/mol. The fraction of sp³-hybridized carbons (Fsp3) is 0.462. The van der Waals surface area contributed by atoms with Gasteiger partial charge in [0.1, 0.15) is 0 Å². The van der Waals surface area contributed by atoms with Gasteiger partial charge in [-0.05, 0) is 12.5 Å². The number of carbonyl (C=O) groups excluding carboxylic acids is 1. The summed E-state index contributed by atoms with van der Waals surface area (Å²) >= 11 is 0. The molecule has 0 aromatic heterocycles. The van der Waals surface area contributed by atoms with Gasteiger partial charge in [-0.25, -0.2) is 0 Å². The Balaban J connectivity index is 2.61. The third-order valence-electron chi connectivity index (χ3n) is 2.90. The van der Waals surface area contributed by atoms with Crippen molar-refractivity contribution in [3.8, 4) is 0 Å². The van der Waals surface area contributed by atoms with Gasteiger partial charge in [-0.1, -0.05) is 30.3 Å². The van der Waals surface area contributed by atoms with Gasteiger partial charge in [0.15, 0.2) is 0 Å². The van der Waals surface area contributed by atoms with E-state index in [1.54, 1.807) is 0 Å². The SMILES string of the molecule is CC(NC(=O)CN(C)S(=O)(=O)N(C)C)c1ccccc1. The molecule has 0 bridgehead atoms. The second kappa shape index (κ2) is 6.83. The normalized spacial score (nSPS) is 13.5. The molecule has 0 saturated heterocycles. The van der Waals surface area contributed by atoms with Crippen LogP contribution in [0.15, 0.2) is 30.3 Å². The summed E-state index contributed by atoms with van der Waals surface area (Å²) in [6, 6.07) is 9.33. The van der Waals surface area contributed by atoms with E-state index in [0.717, 1.165) is 14.2 Å². The van der Waals surface area contributed by atoms with Crippen molar-refractivity contribution in [3.05, 3.63) is 35.9 Å². The van der Waals surface area contributed by atoms with E-state index in [9.17, 15) is 13.2 Å². The van der Waals surface area contributed by atoms with Crippen molar-refractivity contribution >= 4 is 16.1 Å². The van der Waals surface area contributed by atoms with Crippen molar-refractivity contribution in [2.75, 3.05) is 27.7 Å². The first-order chi connectivity index (χ1) is 9.25. The molecular weight excluding hydrogens is 278 g/mol. The maximum Gasteiger partial charge on any atom is 0.281 e. The molecule has 1 N–H and O–H groups in total. The zero-order valence-electron chi connectivity index (χ0n) is 12.2. The molecule has 1 aromatic carbocycles. The van der Waals surface area contributed by atoms with Gasteiger partial charge < -0.3 is 5.32 Å². The molecule has 20 heavy (non-hydrogen) atoms. The van der Waals surface area contributed by atoms with Gasteiger partial charge in [0, 0.05) is 21.1 Å². The van der Waals surface area contributed by atoms with Crippen LogP contribution in [0.1, 0.15) is 18.5 Å². The van der Waals surface area contributed by atoms with Crippen molar-refractivity contribution in [1.29, 1.82) is 0 Å². The van der Waals surface area contributed by atoms with Gasteiger partial charge in [0.05, 0.1) is 12.6 Å². The molecule has 0 spiro atoms. The minimum atomic E-state index is -3.57. The van der Waals surface area contributed by atoms with E-state index in [1.807, 2.05) is 37.3 Å². The number of benzene rings is 1. The quantitative estimate of drug-likeness (QED) is 0.836. The van der Waals surface area contributed by atoms with Crippen molar-refractivity contribution in [3.63, 3.8) is 0 Å². The number of hydrogen-bond acceptors (Lipinski definition) is 3. The number of likely N-dealkylation sites (N-methyl/N-ethyl adjacent to an activating group) is 1. The van der Waals surface area contributed by atoms with Gasteiger partial charge in [0.2, 0.25) is 5.91 Å². The topological polar surface area (TPSA) is 69.7 Å². The molecule has 1 rings (SSSR count). The Morgan fingerprint density at radius 1 is 1.20 bits per heavy atom. The first-order valence-corrected chi connectivity index (χ1v) is 7.63. The first kappa shape index (κ1) is 16.6. The Bertz CT molecular complexity index is 543. The Labute approximate surface area is 120 Å². The van der Waals surface area contributed by atoms with Crippen LogP contribution in [0, 0.1) is 0 Å². The predicted octanol–water partition coefficient (Wildman–Crippen LogP) is 0.602. The van der Waals surface area contributed by atoms with Crippen LogP contribution in [0.4, 0.5) is 0 Å². The molecule has 112 valence electrons. The van der Waals surface area contributed by atoms with Crippen molar-refractivity contribution in [1.82, 2.24) is 13.9 Å². The lowest BCUT2D eigenvalue weighted by Crippen LogP contribution is -2.43. The average Bonchev–Trinajstić information content (AvgIpc) is 2.39. The molecule has 0 fully saturated rings. The van der Waals surface area contributed by atoms with Gasteiger partial charge in [-0.15, -0.1) is 0 Å². The fourth-order valence-electron chi connectivity index (χ4n) is 1.67. The standard InChI is InChI=1S/C13H21N3O3S/c1-11(12-8-6-5-7-9-12)14-13(17)10-16(4)20(18,19)15(2)3/h5-9,11H,10H2,1-4H3,(H,14,17). The molecule has 7 heteroatoms. The smallest absolute Gasteiger partial charge is 0.281 e. The van der Waals surface area contributed by atoms with E-state index < -0.39 is 10.2 Å². The molecule has 0 saturated carbocycles. The third-order valence-corrected chi connectivity index (χ3v) is 4.74. The molecule has 0 heterocycles. The molecule has 1 atom stereocenters. The molecule has 0 aliphatic carbocycles. The van der Waals surface area contributed by atoms with Crippen LogP contribution in [0.25, 0.3) is 0 Å². The van der Waals surface area contributed by atoms with E-state index in [0.29, 0.717) is 0 Å². The summed E-state index contributed by atoms with van der Waals surface area (Å²) in [4.78, 5) is 11.9. The Morgan fingerprint density at radius 2 is 1.75 bits per heavy atom. The zero-order chi connectivity index (χ0) is 15.3. The second-order valence-corrected chi connectivity index (χ2v) is 7.00. The number of carbonyl (C=O) groups is 1. The fourth-order valence-corrected chi connectivity index (χ4v) is 2.51. The lowest BCUT2D eigenvalue weighted by molar-refractivity contribution is -0.121. The van der Waals surface area contributed by atoms with Crippen LogP contribution < -0.4 is 5.32 Å². The Morgan fingerprint density at radius 3 is 2.25 bits per heavy atom. The van der Waals surface area contributed by atoms with E-state index in [-0.39, 0.29) is 18.5 Å². The van der Waals surface area contributed by atoms with Crippen molar-refractivity contribution < 1.29 is 13.2 Å². The van der Waals surface area contributed by atoms with Gasteiger partial charge in [0.25, 0.3) is 10.2 Å². The lowest BCUT2D eigenvalue weighted by Gasteiger charge is -2.22. The number of rotatable bonds is 6. The van der Waals surface area contributed by atoms with Crippen LogP contribution in [0.2, 0.25) is 0 Å². The molecule has 0 radical (unpaired) electrons. The minimum absolute atomic E-state index is 0.167. The predicted molar refractivity (Wildman–Crippen MR) is 78.2 cm³/mol. The van der Waals surface area contributed by atoms with E-state index in [2.05, 4.69) is 5.32 Å². The molecule has 1 aromatic rings. The summed E-state index contributed by atoms with van der Waals surface area (Å²) in [6.45, 7) is 1.64. The van der Waals surface area contributed by atoms with Crippen molar-refractivity contribution in [2.45, 2.75) is 13.0 Å². The zero-order valence-corrected chi connectivity index (χ0v) is 13.0. The highest BCUT2D eigenvalue weighted by Crippen LogP contribution is 2.11. The summed E-state index contributed by atoms with van der Waals surface area (Å²) in [6.07, 6.45) is 0. The minimum Gasteiger partial charge on any atom is -0.348 e. The highest BCUT2D eigenvalue weighted by atomic mass is 32.2. The lowest BCUT2D eigenvalue weighted by atomic mass is 10.1. The van der Waals surface area contributed by atoms with E-state index in [4.69, 9.17) is 0 Å². The number of amides is 1. The largest absolute Gasteiger partial charge is 0.348 e. The number of hydrogen-bond donors (Lipinski definition) is 1. The van der Waals surface area contributed by atoms with E-state index in [1.165, 1.54) is 21.1 Å². The molecule has 1 amide bonds. The highest BCUT2D eigenvalue weighted by Gasteiger charge is 2.23. The summed E-state index contributed by atoms with van der Waals surface area (Å²) < 4.78 is 25.7.